The lowest BCUT2D eigenvalue weighted by Gasteiger charge is -2.06. The number of aryl methyl sites for hydroxylation is 1. The van der Waals surface area contributed by atoms with Crippen molar-refractivity contribution in [2.45, 2.75) is 31.5 Å². The fourth-order valence-corrected chi connectivity index (χ4v) is 4.61. The highest BCUT2D eigenvalue weighted by atomic mass is 32.2. The molecule has 9 heteroatoms. The standard InChI is InChI=1S/C17H19N5OS3/c1-3-5-13-9-12(10-25-13)15-20-21-17(22(15)7-4-2)26-11-14(23)19-16-18-6-8-24-16/h4,6,8-10H,2-3,5,7,11H2,1H3,(H,18,19,23). The first-order chi connectivity index (χ1) is 12.7. The van der Waals surface area contributed by atoms with Crippen LogP contribution in [0.3, 0.4) is 0 Å². The lowest BCUT2D eigenvalue weighted by atomic mass is 10.2. The van der Waals surface area contributed by atoms with Gasteiger partial charge in [-0.15, -0.1) is 39.4 Å². The Labute approximate surface area is 164 Å². The molecule has 0 radical (unpaired) electrons. The predicted molar refractivity (Wildman–Crippen MR) is 109 cm³/mol. The Balaban J connectivity index is 1.71. The monoisotopic (exact) mass is 405 g/mol. The van der Waals surface area contributed by atoms with E-state index in [9.17, 15) is 4.79 Å². The zero-order chi connectivity index (χ0) is 18.4. The summed E-state index contributed by atoms with van der Waals surface area (Å²) < 4.78 is 1.99. The van der Waals surface area contributed by atoms with E-state index in [1.807, 2.05) is 16.0 Å². The zero-order valence-corrected chi connectivity index (χ0v) is 16.8. The minimum absolute atomic E-state index is 0.111. The predicted octanol–water partition coefficient (Wildman–Crippen LogP) is 4.33. The summed E-state index contributed by atoms with van der Waals surface area (Å²) in [4.78, 5) is 17.5. The van der Waals surface area contributed by atoms with Gasteiger partial charge in [-0.1, -0.05) is 31.2 Å². The van der Waals surface area contributed by atoms with Crippen LogP contribution in [0, 0.1) is 0 Å². The smallest absolute Gasteiger partial charge is 0.236 e. The Bertz CT molecular complexity index is 869. The Morgan fingerprint density at radius 2 is 2.31 bits per heavy atom. The molecular formula is C17H19N5OS3. The molecule has 6 nitrogen and oxygen atoms in total. The first-order valence-electron chi connectivity index (χ1n) is 8.15. The van der Waals surface area contributed by atoms with Crippen molar-refractivity contribution in [1.82, 2.24) is 19.7 Å². The molecular weight excluding hydrogens is 386 g/mol. The SMILES string of the molecule is C=CCn1c(SCC(=O)Nc2nccs2)nnc1-c1csc(CCC)c1. The van der Waals surface area contributed by atoms with Gasteiger partial charge in [-0.25, -0.2) is 4.98 Å². The van der Waals surface area contributed by atoms with Gasteiger partial charge in [0, 0.05) is 33.9 Å². The summed E-state index contributed by atoms with van der Waals surface area (Å²) in [6.45, 7) is 6.59. The van der Waals surface area contributed by atoms with Gasteiger partial charge in [-0.05, 0) is 12.5 Å². The van der Waals surface area contributed by atoms with Crippen molar-refractivity contribution in [3.8, 4) is 11.4 Å². The summed E-state index contributed by atoms with van der Waals surface area (Å²) in [5.74, 6) is 0.950. The minimum atomic E-state index is -0.111. The average molecular weight is 406 g/mol. The fraction of sp³-hybridized carbons (Fsp3) is 0.294. The molecule has 26 heavy (non-hydrogen) atoms. The lowest BCUT2D eigenvalue weighted by molar-refractivity contribution is -0.113. The van der Waals surface area contributed by atoms with Crippen molar-refractivity contribution >= 4 is 45.5 Å². The number of aromatic nitrogens is 4. The number of thiophene rings is 1. The molecule has 0 saturated heterocycles. The molecule has 136 valence electrons. The molecule has 0 aliphatic heterocycles. The Morgan fingerprint density at radius 1 is 1.42 bits per heavy atom. The van der Waals surface area contributed by atoms with Gasteiger partial charge in [0.25, 0.3) is 0 Å². The largest absolute Gasteiger partial charge is 0.301 e. The third-order valence-corrected chi connectivity index (χ3v) is 6.10. The molecule has 3 rings (SSSR count). The Morgan fingerprint density at radius 3 is 3.04 bits per heavy atom. The molecule has 0 atom stereocenters. The van der Waals surface area contributed by atoms with Gasteiger partial charge in [0.05, 0.1) is 5.75 Å². The third-order valence-electron chi connectivity index (χ3n) is 3.45. The molecule has 1 amide bonds. The van der Waals surface area contributed by atoms with Crippen molar-refractivity contribution in [3.63, 3.8) is 0 Å². The van der Waals surface area contributed by atoms with Crippen LogP contribution in [-0.4, -0.2) is 31.4 Å². The van der Waals surface area contributed by atoms with Gasteiger partial charge in [-0.2, -0.15) is 0 Å². The molecule has 3 aromatic rings. The van der Waals surface area contributed by atoms with Crippen LogP contribution in [0.15, 0.2) is 40.8 Å². The van der Waals surface area contributed by atoms with Gasteiger partial charge in [0.2, 0.25) is 5.91 Å². The van der Waals surface area contributed by atoms with E-state index in [0.717, 1.165) is 24.2 Å². The number of carbonyl (C=O) groups excluding carboxylic acids is 1. The van der Waals surface area contributed by atoms with Crippen LogP contribution in [0.2, 0.25) is 0 Å². The second-order valence-corrected chi connectivity index (χ2v) is 8.26. The maximum atomic E-state index is 12.1. The summed E-state index contributed by atoms with van der Waals surface area (Å²) in [7, 11) is 0. The van der Waals surface area contributed by atoms with Crippen LogP contribution in [0.25, 0.3) is 11.4 Å². The van der Waals surface area contributed by atoms with E-state index in [1.165, 1.54) is 28.0 Å². The minimum Gasteiger partial charge on any atom is -0.301 e. The molecule has 0 aliphatic rings. The number of rotatable bonds is 9. The van der Waals surface area contributed by atoms with Gasteiger partial charge < -0.3 is 5.32 Å². The highest BCUT2D eigenvalue weighted by Gasteiger charge is 2.16. The van der Waals surface area contributed by atoms with E-state index < -0.39 is 0 Å². The van der Waals surface area contributed by atoms with Gasteiger partial charge in [0.15, 0.2) is 16.1 Å². The van der Waals surface area contributed by atoms with E-state index in [1.54, 1.807) is 17.5 Å². The van der Waals surface area contributed by atoms with Crippen LogP contribution < -0.4 is 5.32 Å². The topological polar surface area (TPSA) is 72.7 Å². The molecule has 1 N–H and O–H groups in total. The highest BCUT2D eigenvalue weighted by Crippen LogP contribution is 2.28. The lowest BCUT2D eigenvalue weighted by Crippen LogP contribution is -2.14. The number of allylic oxidation sites excluding steroid dienone is 1. The number of anilines is 1. The fourth-order valence-electron chi connectivity index (χ4n) is 2.35. The van der Waals surface area contributed by atoms with Gasteiger partial charge >= 0.3 is 0 Å². The summed E-state index contributed by atoms with van der Waals surface area (Å²) in [6.07, 6.45) is 5.66. The van der Waals surface area contributed by atoms with Crippen molar-refractivity contribution in [3.05, 3.63) is 40.6 Å². The molecule has 0 spiro atoms. The first kappa shape index (κ1) is 18.8. The molecule has 0 saturated carbocycles. The number of nitrogens with one attached hydrogen (secondary N) is 1. The number of hydrogen-bond acceptors (Lipinski definition) is 7. The molecule has 0 unspecified atom stereocenters. The second kappa shape index (κ2) is 9.11. The number of thioether (sulfide) groups is 1. The molecule has 0 aromatic carbocycles. The summed E-state index contributed by atoms with van der Waals surface area (Å²) in [5, 5.41) is 16.6. The zero-order valence-electron chi connectivity index (χ0n) is 14.3. The molecule has 3 aromatic heterocycles. The molecule has 0 bridgehead atoms. The number of carbonyl (C=O) groups is 1. The number of nitrogens with zero attached hydrogens (tertiary/aromatic N) is 4. The summed E-state index contributed by atoms with van der Waals surface area (Å²) in [5.41, 5.74) is 1.06. The normalized spacial score (nSPS) is 10.8. The van der Waals surface area contributed by atoms with Crippen molar-refractivity contribution in [1.29, 1.82) is 0 Å². The van der Waals surface area contributed by atoms with Crippen LogP contribution in [-0.2, 0) is 17.8 Å². The van der Waals surface area contributed by atoms with Crippen LogP contribution >= 0.6 is 34.4 Å². The highest BCUT2D eigenvalue weighted by molar-refractivity contribution is 7.99. The van der Waals surface area contributed by atoms with E-state index in [0.29, 0.717) is 16.8 Å². The molecule has 3 heterocycles. The van der Waals surface area contributed by atoms with E-state index in [2.05, 4.69) is 45.4 Å². The number of thiazole rings is 1. The quantitative estimate of drug-likeness (QED) is 0.424. The van der Waals surface area contributed by atoms with E-state index in [4.69, 9.17) is 0 Å². The molecule has 0 aliphatic carbocycles. The summed E-state index contributed by atoms with van der Waals surface area (Å²) in [6, 6.07) is 2.17. The average Bonchev–Trinajstić information content (AvgIpc) is 3.35. The van der Waals surface area contributed by atoms with Crippen molar-refractivity contribution in [2.24, 2.45) is 0 Å². The Kier molecular flexibility index (Phi) is 6.59. The van der Waals surface area contributed by atoms with Crippen LogP contribution in [0.5, 0.6) is 0 Å². The first-order valence-corrected chi connectivity index (χ1v) is 10.9. The second-order valence-electron chi connectivity index (χ2n) is 5.43. The van der Waals surface area contributed by atoms with Crippen molar-refractivity contribution < 1.29 is 4.79 Å². The maximum absolute atomic E-state index is 12.1. The third kappa shape index (κ3) is 4.60. The van der Waals surface area contributed by atoms with Crippen LogP contribution in [0.4, 0.5) is 5.13 Å². The van der Waals surface area contributed by atoms with Crippen molar-refractivity contribution in [2.75, 3.05) is 11.1 Å². The molecule has 0 fully saturated rings. The summed E-state index contributed by atoms with van der Waals surface area (Å²) >= 11 is 4.50. The number of hydrogen-bond donors (Lipinski definition) is 1. The van der Waals surface area contributed by atoms with Gasteiger partial charge in [-0.3, -0.25) is 9.36 Å². The van der Waals surface area contributed by atoms with Gasteiger partial charge in [0.1, 0.15) is 0 Å². The maximum Gasteiger partial charge on any atom is 0.236 e. The van der Waals surface area contributed by atoms with E-state index >= 15 is 0 Å². The number of amides is 1. The Hall–Kier alpha value is -1.97. The van der Waals surface area contributed by atoms with Crippen LogP contribution in [0.1, 0.15) is 18.2 Å². The van der Waals surface area contributed by atoms with E-state index in [-0.39, 0.29) is 11.7 Å².